The molecule has 2 atom stereocenters. The topological polar surface area (TPSA) is 15.7 Å². The molecule has 1 fully saturated rings. The van der Waals surface area contributed by atoms with E-state index in [1.807, 2.05) is 0 Å². The van der Waals surface area contributed by atoms with E-state index in [0.29, 0.717) is 18.2 Å². The van der Waals surface area contributed by atoms with Crippen LogP contribution in [0.1, 0.15) is 13.8 Å². The molecule has 0 aromatic carbocycles. The molecule has 0 radical (unpaired) electrons. The van der Waals surface area contributed by atoms with Gasteiger partial charge in [0.1, 0.15) is 0 Å². The molecule has 13 heavy (non-hydrogen) atoms. The molecular weight excluding hydrogens is 164 g/mol. The fraction of sp³-hybridized carbons (Fsp3) is 1.00. The highest BCUT2D eigenvalue weighted by Gasteiger charge is 2.33. The molecule has 0 saturated carbocycles. The summed E-state index contributed by atoms with van der Waals surface area (Å²) in [7, 11) is 6.40. The number of rotatable bonds is 3. The first-order valence-electron chi connectivity index (χ1n) is 5.01. The Labute approximate surface area is 81.7 Å². The van der Waals surface area contributed by atoms with E-state index in [0.717, 1.165) is 13.1 Å². The largest absolute Gasteiger partial charge is 0.373 e. The zero-order valence-electron chi connectivity index (χ0n) is 9.45. The van der Waals surface area contributed by atoms with Gasteiger partial charge in [0.2, 0.25) is 0 Å². The molecule has 0 bridgehead atoms. The van der Waals surface area contributed by atoms with Crippen molar-refractivity contribution in [3.05, 3.63) is 0 Å². The van der Waals surface area contributed by atoms with Gasteiger partial charge in [0.25, 0.3) is 0 Å². The standard InChI is InChI=1S/C10H22N2O/c1-8(2)13-10-7-12(5)6-9(10)11(3)4/h8-10H,6-7H2,1-5H3/t9-,10-/m1/s1. The second-order valence-corrected chi connectivity index (χ2v) is 4.48. The van der Waals surface area contributed by atoms with Crippen LogP contribution in [0.25, 0.3) is 0 Å². The second kappa shape index (κ2) is 4.40. The Bertz CT molecular complexity index is 159. The Morgan fingerprint density at radius 1 is 1.31 bits per heavy atom. The molecule has 0 aromatic rings. The van der Waals surface area contributed by atoms with Gasteiger partial charge in [-0.3, -0.25) is 0 Å². The molecule has 0 N–H and O–H groups in total. The van der Waals surface area contributed by atoms with Crippen molar-refractivity contribution in [2.45, 2.75) is 32.1 Å². The van der Waals surface area contributed by atoms with Gasteiger partial charge in [-0.15, -0.1) is 0 Å². The van der Waals surface area contributed by atoms with Crippen LogP contribution in [0, 0.1) is 0 Å². The summed E-state index contributed by atoms with van der Waals surface area (Å²) in [5, 5.41) is 0. The molecule has 1 heterocycles. The minimum atomic E-state index is 0.332. The summed E-state index contributed by atoms with van der Waals surface area (Å²) in [4.78, 5) is 4.59. The van der Waals surface area contributed by atoms with Crippen molar-refractivity contribution in [1.82, 2.24) is 9.80 Å². The molecule has 0 amide bonds. The minimum Gasteiger partial charge on any atom is -0.373 e. The van der Waals surface area contributed by atoms with Crippen LogP contribution in [-0.2, 0) is 4.74 Å². The van der Waals surface area contributed by atoms with Gasteiger partial charge < -0.3 is 14.5 Å². The minimum absolute atomic E-state index is 0.332. The lowest BCUT2D eigenvalue weighted by atomic mass is 10.2. The molecule has 1 saturated heterocycles. The molecule has 1 aliphatic heterocycles. The van der Waals surface area contributed by atoms with Crippen LogP contribution in [0.5, 0.6) is 0 Å². The Kier molecular flexibility index (Phi) is 3.71. The van der Waals surface area contributed by atoms with E-state index in [-0.39, 0.29) is 0 Å². The first-order valence-corrected chi connectivity index (χ1v) is 5.01. The van der Waals surface area contributed by atoms with Crippen molar-refractivity contribution in [2.24, 2.45) is 0 Å². The summed E-state index contributed by atoms with van der Waals surface area (Å²) in [6.07, 6.45) is 0.707. The van der Waals surface area contributed by atoms with Crippen molar-refractivity contribution in [1.29, 1.82) is 0 Å². The van der Waals surface area contributed by atoms with Crippen LogP contribution in [-0.4, -0.2) is 62.3 Å². The maximum Gasteiger partial charge on any atom is 0.0872 e. The Balaban J connectivity index is 2.50. The summed E-state index contributed by atoms with van der Waals surface area (Å²) in [6.45, 7) is 6.38. The van der Waals surface area contributed by atoms with E-state index in [1.165, 1.54) is 0 Å². The average Bonchev–Trinajstić information content (AvgIpc) is 2.29. The lowest BCUT2D eigenvalue weighted by Gasteiger charge is -2.26. The van der Waals surface area contributed by atoms with E-state index in [9.17, 15) is 0 Å². The molecular formula is C10H22N2O. The summed E-state index contributed by atoms with van der Waals surface area (Å²) in [6, 6.07) is 0.549. The number of likely N-dealkylation sites (N-methyl/N-ethyl adjacent to an activating group) is 2. The van der Waals surface area contributed by atoms with Crippen LogP contribution in [0.2, 0.25) is 0 Å². The SMILES string of the molecule is CC(C)O[C@@H]1CN(C)C[C@H]1N(C)C. The van der Waals surface area contributed by atoms with Crippen molar-refractivity contribution in [3.63, 3.8) is 0 Å². The van der Waals surface area contributed by atoms with Gasteiger partial charge in [0, 0.05) is 19.1 Å². The highest BCUT2D eigenvalue weighted by molar-refractivity contribution is 4.88. The van der Waals surface area contributed by atoms with Crippen LogP contribution in [0.15, 0.2) is 0 Å². The van der Waals surface area contributed by atoms with Crippen molar-refractivity contribution in [2.75, 3.05) is 34.2 Å². The Morgan fingerprint density at radius 3 is 2.38 bits per heavy atom. The van der Waals surface area contributed by atoms with E-state index in [2.05, 4.69) is 44.8 Å². The highest BCUT2D eigenvalue weighted by atomic mass is 16.5. The summed E-state index contributed by atoms with van der Waals surface area (Å²) >= 11 is 0. The predicted molar refractivity (Wildman–Crippen MR) is 55.0 cm³/mol. The van der Waals surface area contributed by atoms with Gasteiger partial charge in [-0.05, 0) is 35.0 Å². The molecule has 1 rings (SSSR count). The van der Waals surface area contributed by atoms with Crippen LogP contribution < -0.4 is 0 Å². The van der Waals surface area contributed by atoms with E-state index >= 15 is 0 Å². The van der Waals surface area contributed by atoms with Crippen molar-refractivity contribution >= 4 is 0 Å². The summed E-state index contributed by atoms with van der Waals surface area (Å²) in [5.41, 5.74) is 0. The summed E-state index contributed by atoms with van der Waals surface area (Å²) in [5.74, 6) is 0. The fourth-order valence-electron chi connectivity index (χ4n) is 1.92. The Morgan fingerprint density at radius 2 is 1.92 bits per heavy atom. The Hall–Kier alpha value is -0.120. The maximum atomic E-state index is 5.87. The van der Waals surface area contributed by atoms with Crippen LogP contribution in [0.4, 0.5) is 0 Å². The smallest absolute Gasteiger partial charge is 0.0872 e. The number of likely N-dealkylation sites (tertiary alicyclic amines) is 1. The number of nitrogens with zero attached hydrogens (tertiary/aromatic N) is 2. The molecule has 0 aliphatic carbocycles. The number of ether oxygens (including phenoxy) is 1. The van der Waals surface area contributed by atoms with Crippen molar-refractivity contribution in [3.8, 4) is 0 Å². The first-order chi connectivity index (χ1) is 6.00. The average molecular weight is 186 g/mol. The first kappa shape index (κ1) is 11.0. The molecule has 0 aromatic heterocycles. The maximum absolute atomic E-state index is 5.87. The number of hydrogen-bond acceptors (Lipinski definition) is 3. The zero-order valence-corrected chi connectivity index (χ0v) is 9.45. The molecule has 1 aliphatic rings. The van der Waals surface area contributed by atoms with E-state index in [1.54, 1.807) is 0 Å². The molecule has 3 nitrogen and oxygen atoms in total. The van der Waals surface area contributed by atoms with Gasteiger partial charge in [-0.25, -0.2) is 0 Å². The van der Waals surface area contributed by atoms with Crippen LogP contribution in [0.3, 0.4) is 0 Å². The number of hydrogen-bond donors (Lipinski definition) is 0. The third-order valence-electron chi connectivity index (χ3n) is 2.53. The monoisotopic (exact) mass is 186 g/mol. The second-order valence-electron chi connectivity index (χ2n) is 4.48. The van der Waals surface area contributed by atoms with E-state index < -0.39 is 0 Å². The molecule has 0 unspecified atom stereocenters. The van der Waals surface area contributed by atoms with Gasteiger partial charge >= 0.3 is 0 Å². The highest BCUT2D eigenvalue weighted by Crippen LogP contribution is 2.16. The predicted octanol–water partition coefficient (Wildman–Crippen LogP) is 0.656. The molecule has 78 valence electrons. The third-order valence-corrected chi connectivity index (χ3v) is 2.53. The van der Waals surface area contributed by atoms with Crippen LogP contribution >= 0.6 is 0 Å². The van der Waals surface area contributed by atoms with Gasteiger partial charge in [-0.1, -0.05) is 0 Å². The van der Waals surface area contributed by atoms with Gasteiger partial charge in [0.15, 0.2) is 0 Å². The summed E-state index contributed by atoms with van der Waals surface area (Å²) < 4.78 is 5.87. The van der Waals surface area contributed by atoms with E-state index in [4.69, 9.17) is 4.74 Å². The molecule has 3 heteroatoms. The lowest BCUT2D eigenvalue weighted by Crippen LogP contribution is -2.40. The molecule has 0 spiro atoms. The van der Waals surface area contributed by atoms with Gasteiger partial charge in [0.05, 0.1) is 12.2 Å². The fourth-order valence-corrected chi connectivity index (χ4v) is 1.92. The lowest BCUT2D eigenvalue weighted by molar-refractivity contribution is -0.0147. The third kappa shape index (κ3) is 2.93. The van der Waals surface area contributed by atoms with Gasteiger partial charge in [-0.2, -0.15) is 0 Å². The van der Waals surface area contributed by atoms with Crippen molar-refractivity contribution < 1.29 is 4.74 Å². The quantitative estimate of drug-likeness (QED) is 0.644. The zero-order chi connectivity index (χ0) is 10.0. The normalized spacial score (nSPS) is 30.7.